The summed E-state index contributed by atoms with van der Waals surface area (Å²) in [5.41, 5.74) is 8.81. The molecule has 1 heterocycles. The molecule has 4 N–H and O–H groups in total. The largest absolute Gasteiger partial charge is 0.366 e. The summed E-state index contributed by atoms with van der Waals surface area (Å²) in [6, 6.07) is 19.0. The van der Waals surface area contributed by atoms with Gasteiger partial charge in [-0.15, -0.1) is 0 Å². The SMILES string of the molecule is NC(=O)c1cccc(C(=O)Nc2ccc(Cl)c(-c3nc4ccccc4[nH]3)c2)c1. The Morgan fingerprint density at radius 3 is 2.54 bits per heavy atom. The number of nitrogens with two attached hydrogens (primary N) is 1. The van der Waals surface area contributed by atoms with Gasteiger partial charge in [-0.25, -0.2) is 4.98 Å². The number of carbonyl (C=O) groups excluding carboxylic acids is 2. The maximum atomic E-state index is 12.5. The molecule has 6 nitrogen and oxygen atoms in total. The number of halogens is 1. The number of hydrogen-bond donors (Lipinski definition) is 3. The fourth-order valence-corrected chi connectivity index (χ4v) is 3.09. The molecule has 4 aromatic rings. The molecule has 138 valence electrons. The number of nitrogens with one attached hydrogen (secondary N) is 2. The lowest BCUT2D eigenvalue weighted by Gasteiger charge is -2.09. The third-order valence-corrected chi connectivity index (χ3v) is 4.61. The van der Waals surface area contributed by atoms with Gasteiger partial charge in [0, 0.05) is 22.4 Å². The zero-order valence-electron chi connectivity index (χ0n) is 14.6. The van der Waals surface area contributed by atoms with Crippen molar-refractivity contribution in [2.75, 3.05) is 5.32 Å². The number of amides is 2. The van der Waals surface area contributed by atoms with Gasteiger partial charge in [0.25, 0.3) is 5.91 Å². The van der Waals surface area contributed by atoms with Gasteiger partial charge in [0.15, 0.2) is 0 Å². The first-order valence-corrected chi connectivity index (χ1v) is 8.85. The second-order valence-corrected chi connectivity index (χ2v) is 6.60. The van der Waals surface area contributed by atoms with E-state index in [0.717, 1.165) is 11.0 Å². The Balaban J connectivity index is 1.64. The van der Waals surface area contributed by atoms with E-state index in [1.807, 2.05) is 24.3 Å². The van der Waals surface area contributed by atoms with E-state index >= 15 is 0 Å². The van der Waals surface area contributed by atoms with Crippen LogP contribution in [0.2, 0.25) is 5.02 Å². The minimum atomic E-state index is -0.590. The topological polar surface area (TPSA) is 101 Å². The number of primary amides is 1. The molecule has 1 aromatic heterocycles. The molecule has 3 aromatic carbocycles. The first-order chi connectivity index (χ1) is 13.5. The molecule has 0 unspecified atom stereocenters. The van der Waals surface area contributed by atoms with Gasteiger partial charge < -0.3 is 16.0 Å². The van der Waals surface area contributed by atoms with Crippen LogP contribution in [0.3, 0.4) is 0 Å². The third-order valence-electron chi connectivity index (χ3n) is 4.28. The molecule has 0 saturated carbocycles. The molecular formula is C21H15ClN4O2. The maximum Gasteiger partial charge on any atom is 0.255 e. The Morgan fingerprint density at radius 1 is 0.964 bits per heavy atom. The van der Waals surface area contributed by atoms with Crippen molar-refractivity contribution in [1.82, 2.24) is 9.97 Å². The summed E-state index contributed by atoms with van der Waals surface area (Å²) < 4.78 is 0. The average Bonchev–Trinajstić information content (AvgIpc) is 3.13. The minimum Gasteiger partial charge on any atom is -0.366 e. The Labute approximate surface area is 165 Å². The molecular weight excluding hydrogens is 376 g/mol. The third kappa shape index (κ3) is 3.45. The van der Waals surface area contributed by atoms with Crippen molar-refractivity contribution < 1.29 is 9.59 Å². The summed E-state index contributed by atoms with van der Waals surface area (Å²) in [7, 11) is 0. The summed E-state index contributed by atoms with van der Waals surface area (Å²) in [6.07, 6.45) is 0. The molecule has 7 heteroatoms. The first-order valence-electron chi connectivity index (χ1n) is 8.47. The molecule has 0 atom stereocenters. The van der Waals surface area contributed by atoms with Crippen LogP contribution in [0.5, 0.6) is 0 Å². The minimum absolute atomic E-state index is 0.270. The highest BCUT2D eigenvalue weighted by Gasteiger charge is 2.13. The van der Waals surface area contributed by atoms with E-state index < -0.39 is 5.91 Å². The van der Waals surface area contributed by atoms with Gasteiger partial charge in [0.2, 0.25) is 5.91 Å². The van der Waals surface area contributed by atoms with E-state index in [2.05, 4.69) is 15.3 Å². The molecule has 0 radical (unpaired) electrons. The lowest BCUT2D eigenvalue weighted by atomic mass is 10.1. The number of nitrogens with zero attached hydrogens (tertiary/aromatic N) is 1. The van der Waals surface area contributed by atoms with Crippen molar-refractivity contribution in [3.63, 3.8) is 0 Å². The number of fused-ring (bicyclic) bond motifs is 1. The number of para-hydroxylation sites is 2. The molecule has 0 bridgehead atoms. The van der Waals surface area contributed by atoms with E-state index in [0.29, 0.717) is 27.7 Å². The Hall–Kier alpha value is -3.64. The Bertz CT molecular complexity index is 1180. The van der Waals surface area contributed by atoms with Gasteiger partial charge >= 0.3 is 0 Å². The molecule has 0 fully saturated rings. The lowest BCUT2D eigenvalue weighted by Crippen LogP contribution is -2.15. The number of hydrogen-bond acceptors (Lipinski definition) is 3. The van der Waals surface area contributed by atoms with Crippen LogP contribution >= 0.6 is 11.6 Å². The number of benzene rings is 3. The van der Waals surface area contributed by atoms with Gasteiger partial charge in [0.05, 0.1) is 16.1 Å². The number of H-pyrrole nitrogens is 1. The number of imidazole rings is 1. The molecule has 0 aliphatic carbocycles. The van der Waals surface area contributed by atoms with Gasteiger partial charge in [0.1, 0.15) is 5.82 Å². The van der Waals surface area contributed by atoms with Crippen LogP contribution < -0.4 is 11.1 Å². The zero-order valence-corrected chi connectivity index (χ0v) is 15.3. The maximum absolute atomic E-state index is 12.5. The van der Waals surface area contributed by atoms with Crippen LogP contribution in [0.4, 0.5) is 5.69 Å². The number of carbonyl (C=O) groups is 2. The highest BCUT2D eigenvalue weighted by molar-refractivity contribution is 6.33. The van der Waals surface area contributed by atoms with Gasteiger partial charge in [-0.1, -0.05) is 29.8 Å². The highest BCUT2D eigenvalue weighted by Crippen LogP contribution is 2.30. The lowest BCUT2D eigenvalue weighted by molar-refractivity contribution is 0.1000. The van der Waals surface area contributed by atoms with E-state index in [-0.39, 0.29) is 11.5 Å². The van der Waals surface area contributed by atoms with Crippen LogP contribution in [0, 0.1) is 0 Å². The fourth-order valence-electron chi connectivity index (χ4n) is 2.88. The number of aromatic amines is 1. The van der Waals surface area contributed by atoms with Crippen molar-refractivity contribution in [3.05, 3.63) is 82.9 Å². The highest BCUT2D eigenvalue weighted by atomic mass is 35.5. The summed E-state index contributed by atoms with van der Waals surface area (Å²) >= 11 is 6.34. The summed E-state index contributed by atoms with van der Waals surface area (Å²) in [5.74, 6) is -0.340. The standard InChI is InChI=1S/C21H15ClN4O2/c22-16-9-8-14(24-21(28)13-5-3-4-12(10-13)19(23)27)11-15(16)20-25-17-6-1-2-7-18(17)26-20/h1-11H,(H2,23,27)(H,24,28)(H,25,26). The van der Waals surface area contributed by atoms with Gasteiger partial charge in [-0.2, -0.15) is 0 Å². The molecule has 0 aliphatic heterocycles. The molecule has 0 spiro atoms. The van der Waals surface area contributed by atoms with E-state index in [1.54, 1.807) is 36.4 Å². The number of rotatable bonds is 4. The number of aromatic nitrogens is 2. The average molecular weight is 391 g/mol. The quantitative estimate of drug-likeness (QED) is 0.486. The predicted molar refractivity (Wildman–Crippen MR) is 109 cm³/mol. The smallest absolute Gasteiger partial charge is 0.255 e. The van der Waals surface area contributed by atoms with Crippen molar-refractivity contribution in [2.45, 2.75) is 0 Å². The normalized spacial score (nSPS) is 10.8. The van der Waals surface area contributed by atoms with Gasteiger partial charge in [-0.05, 0) is 48.5 Å². The zero-order chi connectivity index (χ0) is 19.7. The van der Waals surface area contributed by atoms with E-state index in [1.165, 1.54) is 6.07 Å². The summed E-state index contributed by atoms with van der Waals surface area (Å²) in [4.78, 5) is 31.6. The molecule has 0 saturated heterocycles. The first kappa shape index (κ1) is 17.8. The summed E-state index contributed by atoms with van der Waals surface area (Å²) in [6.45, 7) is 0. The van der Waals surface area contributed by atoms with E-state index in [4.69, 9.17) is 17.3 Å². The predicted octanol–water partition coefficient (Wildman–Crippen LogP) is 4.23. The molecule has 4 rings (SSSR count). The van der Waals surface area contributed by atoms with Crippen LogP contribution in [-0.2, 0) is 0 Å². The molecule has 28 heavy (non-hydrogen) atoms. The Morgan fingerprint density at radius 2 is 1.75 bits per heavy atom. The molecule has 0 aliphatic rings. The second-order valence-electron chi connectivity index (χ2n) is 6.20. The van der Waals surface area contributed by atoms with Crippen molar-refractivity contribution in [2.24, 2.45) is 5.73 Å². The van der Waals surface area contributed by atoms with Crippen LogP contribution in [-0.4, -0.2) is 21.8 Å². The Kier molecular flexibility index (Phi) is 4.55. The van der Waals surface area contributed by atoms with Crippen molar-refractivity contribution in [3.8, 4) is 11.4 Å². The van der Waals surface area contributed by atoms with Crippen molar-refractivity contribution >= 4 is 40.1 Å². The number of anilines is 1. The van der Waals surface area contributed by atoms with Crippen LogP contribution in [0.15, 0.2) is 66.7 Å². The van der Waals surface area contributed by atoms with Crippen LogP contribution in [0.25, 0.3) is 22.4 Å². The second kappa shape index (κ2) is 7.17. The summed E-state index contributed by atoms with van der Waals surface area (Å²) in [5, 5.41) is 3.31. The molecule has 2 amide bonds. The van der Waals surface area contributed by atoms with Crippen LogP contribution in [0.1, 0.15) is 20.7 Å². The van der Waals surface area contributed by atoms with Crippen molar-refractivity contribution in [1.29, 1.82) is 0 Å². The van der Waals surface area contributed by atoms with Gasteiger partial charge in [-0.3, -0.25) is 9.59 Å². The fraction of sp³-hybridized carbons (Fsp3) is 0. The monoisotopic (exact) mass is 390 g/mol. The van der Waals surface area contributed by atoms with E-state index in [9.17, 15) is 9.59 Å².